The average molecular weight is 376 g/mol. The average Bonchev–Trinajstić information content (AvgIpc) is 2.52. The molecule has 120 valence electrons. The zero-order valence-electron chi connectivity index (χ0n) is 12.8. The second-order valence-electron chi connectivity index (χ2n) is 6.32. The van der Waals surface area contributed by atoms with Crippen LogP contribution in [-0.2, 0) is 19.4 Å². The van der Waals surface area contributed by atoms with Crippen LogP contribution in [0.15, 0.2) is 27.7 Å². The number of nitrogens with zero attached hydrogens (tertiary/aromatic N) is 5. The molecule has 1 saturated heterocycles. The lowest BCUT2D eigenvalue weighted by molar-refractivity contribution is 0.328. The van der Waals surface area contributed by atoms with Crippen molar-refractivity contribution in [3.05, 3.63) is 44.5 Å². The van der Waals surface area contributed by atoms with Gasteiger partial charge in [-0.3, -0.25) is 4.79 Å². The molecule has 2 aromatic rings. The predicted octanol–water partition coefficient (Wildman–Crippen LogP) is 1.81. The molecule has 1 fully saturated rings. The Balaban J connectivity index is 1.42. The van der Waals surface area contributed by atoms with Gasteiger partial charge in [0.05, 0.1) is 16.7 Å². The van der Waals surface area contributed by atoms with Gasteiger partial charge in [-0.1, -0.05) is 0 Å². The fraction of sp³-hybridized carbons (Fsp3) is 0.500. The molecule has 0 N–H and O–H groups in total. The maximum Gasteiger partial charge on any atom is 0.267 e. The Morgan fingerprint density at radius 3 is 2.70 bits per heavy atom. The summed E-state index contributed by atoms with van der Waals surface area (Å²) in [5.41, 5.74) is 2.29. The highest BCUT2D eigenvalue weighted by molar-refractivity contribution is 9.10. The summed E-state index contributed by atoms with van der Waals surface area (Å²) in [6.45, 7) is 2.42. The molecule has 0 spiro atoms. The zero-order valence-corrected chi connectivity index (χ0v) is 14.4. The van der Waals surface area contributed by atoms with Crippen molar-refractivity contribution < 1.29 is 0 Å². The van der Waals surface area contributed by atoms with Crippen molar-refractivity contribution in [2.45, 2.75) is 32.2 Å². The molecule has 0 saturated carbocycles. The second-order valence-corrected chi connectivity index (χ2v) is 7.23. The van der Waals surface area contributed by atoms with E-state index in [1.807, 2.05) is 0 Å². The minimum atomic E-state index is 0.0315. The van der Waals surface area contributed by atoms with Crippen molar-refractivity contribution in [1.29, 1.82) is 0 Å². The maximum atomic E-state index is 12.2. The Hall–Kier alpha value is -1.76. The first-order valence-electron chi connectivity index (χ1n) is 8.01. The number of halogens is 1. The van der Waals surface area contributed by atoms with E-state index >= 15 is 0 Å². The molecule has 3 heterocycles. The van der Waals surface area contributed by atoms with Gasteiger partial charge in [-0.25, -0.2) is 14.6 Å². The SMILES string of the molecule is O=c1cc2c(nn1CC1CN(c3ncc(Br)cn3)C1)CCCC2. The molecule has 7 heteroatoms. The van der Waals surface area contributed by atoms with Crippen LogP contribution in [0, 0.1) is 5.92 Å². The predicted molar refractivity (Wildman–Crippen MR) is 90.6 cm³/mol. The first-order valence-corrected chi connectivity index (χ1v) is 8.81. The third-order valence-corrected chi connectivity index (χ3v) is 4.96. The van der Waals surface area contributed by atoms with Crippen LogP contribution < -0.4 is 10.5 Å². The molecule has 0 aromatic carbocycles. The number of aromatic nitrogens is 4. The van der Waals surface area contributed by atoms with E-state index in [1.165, 1.54) is 12.8 Å². The topological polar surface area (TPSA) is 63.9 Å². The molecule has 0 radical (unpaired) electrons. The van der Waals surface area contributed by atoms with E-state index in [1.54, 1.807) is 23.1 Å². The van der Waals surface area contributed by atoms with E-state index in [0.717, 1.165) is 47.6 Å². The van der Waals surface area contributed by atoms with Crippen LogP contribution in [0.5, 0.6) is 0 Å². The van der Waals surface area contributed by atoms with Gasteiger partial charge >= 0.3 is 0 Å². The van der Waals surface area contributed by atoms with Crippen molar-refractivity contribution in [3.63, 3.8) is 0 Å². The lowest BCUT2D eigenvalue weighted by Gasteiger charge is -2.39. The van der Waals surface area contributed by atoms with Crippen molar-refractivity contribution in [2.24, 2.45) is 5.92 Å². The molecule has 0 amide bonds. The standard InChI is InChI=1S/C16H18BrN5O/c17-13-6-18-16(19-7-13)21-8-11(9-21)10-22-15(23)5-12-3-1-2-4-14(12)20-22/h5-7,11H,1-4,8-10H2. The van der Waals surface area contributed by atoms with E-state index in [2.05, 4.69) is 35.9 Å². The van der Waals surface area contributed by atoms with Crippen molar-refractivity contribution >= 4 is 21.9 Å². The fourth-order valence-electron chi connectivity index (χ4n) is 3.29. The summed E-state index contributed by atoms with van der Waals surface area (Å²) >= 11 is 3.34. The monoisotopic (exact) mass is 375 g/mol. The number of anilines is 1. The van der Waals surface area contributed by atoms with Gasteiger partial charge < -0.3 is 4.90 Å². The number of aryl methyl sites for hydroxylation is 2. The number of hydrogen-bond acceptors (Lipinski definition) is 5. The molecule has 2 aromatic heterocycles. The third-order valence-electron chi connectivity index (χ3n) is 4.55. The highest BCUT2D eigenvalue weighted by Crippen LogP contribution is 2.23. The highest BCUT2D eigenvalue weighted by Gasteiger charge is 2.29. The number of fused-ring (bicyclic) bond motifs is 1. The number of rotatable bonds is 3. The van der Waals surface area contributed by atoms with Gasteiger partial charge in [0.1, 0.15) is 0 Å². The van der Waals surface area contributed by atoms with Crippen LogP contribution in [0.1, 0.15) is 24.1 Å². The van der Waals surface area contributed by atoms with Crippen LogP contribution in [0.4, 0.5) is 5.95 Å². The van der Waals surface area contributed by atoms with Crippen molar-refractivity contribution in [1.82, 2.24) is 19.7 Å². The Bertz CT molecular complexity index is 767. The van der Waals surface area contributed by atoms with Crippen LogP contribution in [0.25, 0.3) is 0 Å². The van der Waals surface area contributed by atoms with Crippen LogP contribution in [0.2, 0.25) is 0 Å². The molecular weight excluding hydrogens is 358 g/mol. The van der Waals surface area contributed by atoms with Crippen LogP contribution in [-0.4, -0.2) is 32.8 Å². The summed E-state index contributed by atoms with van der Waals surface area (Å²) in [7, 11) is 0. The van der Waals surface area contributed by atoms with Gasteiger partial charge in [0.2, 0.25) is 5.95 Å². The summed E-state index contributed by atoms with van der Waals surface area (Å²) in [5, 5.41) is 4.59. The van der Waals surface area contributed by atoms with Gasteiger partial charge in [0.15, 0.2) is 0 Å². The molecular formula is C16H18BrN5O. The summed E-state index contributed by atoms with van der Waals surface area (Å²) in [5.74, 6) is 1.17. The largest absolute Gasteiger partial charge is 0.340 e. The Labute approximate surface area is 142 Å². The number of hydrogen-bond donors (Lipinski definition) is 0. The van der Waals surface area contributed by atoms with E-state index in [4.69, 9.17) is 0 Å². The van der Waals surface area contributed by atoms with E-state index in [0.29, 0.717) is 12.5 Å². The molecule has 2 aliphatic rings. The summed E-state index contributed by atoms with van der Waals surface area (Å²) < 4.78 is 2.53. The first-order chi connectivity index (χ1) is 11.2. The minimum absolute atomic E-state index is 0.0315. The summed E-state index contributed by atoms with van der Waals surface area (Å²) in [6, 6.07) is 1.79. The molecule has 4 rings (SSSR count). The molecule has 0 bridgehead atoms. The molecule has 6 nitrogen and oxygen atoms in total. The lowest BCUT2D eigenvalue weighted by Crippen LogP contribution is -2.50. The van der Waals surface area contributed by atoms with Crippen molar-refractivity contribution in [2.75, 3.05) is 18.0 Å². The lowest BCUT2D eigenvalue weighted by atomic mass is 9.97. The Morgan fingerprint density at radius 1 is 1.17 bits per heavy atom. The first kappa shape index (κ1) is 14.8. The molecule has 1 aliphatic heterocycles. The fourth-order valence-corrected chi connectivity index (χ4v) is 3.50. The Morgan fingerprint density at radius 2 is 1.91 bits per heavy atom. The minimum Gasteiger partial charge on any atom is -0.340 e. The van der Waals surface area contributed by atoms with Crippen molar-refractivity contribution in [3.8, 4) is 0 Å². The van der Waals surface area contributed by atoms with Gasteiger partial charge in [0.25, 0.3) is 5.56 Å². The van der Waals surface area contributed by atoms with E-state index in [9.17, 15) is 4.79 Å². The highest BCUT2D eigenvalue weighted by atomic mass is 79.9. The molecule has 0 atom stereocenters. The van der Waals surface area contributed by atoms with Crippen LogP contribution >= 0.6 is 15.9 Å². The smallest absolute Gasteiger partial charge is 0.267 e. The maximum absolute atomic E-state index is 12.2. The molecule has 23 heavy (non-hydrogen) atoms. The van der Waals surface area contributed by atoms with Gasteiger partial charge in [-0.05, 0) is 47.2 Å². The van der Waals surface area contributed by atoms with Gasteiger partial charge in [0, 0.05) is 37.5 Å². The van der Waals surface area contributed by atoms with E-state index < -0.39 is 0 Å². The van der Waals surface area contributed by atoms with Gasteiger partial charge in [-0.2, -0.15) is 5.10 Å². The van der Waals surface area contributed by atoms with Crippen LogP contribution in [0.3, 0.4) is 0 Å². The van der Waals surface area contributed by atoms with E-state index in [-0.39, 0.29) is 5.56 Å². The quantitative estimate of drug-likeness (QED) is 0.818. The normalized spacial score (nSPS) is 17.7. The van der Waals surface area contributed by atoms with Gasteiger partial charge in [-0.15, -0.1) is 0 Å². The summed E-state index contributed by atoms with van der Waals surface area (Å²) in [4.78, 5) is 22.9. The Kier molecular flexibility index (Phi) is 3.88. The summed E-state index contributed by atoms with van der Waals surface area (Å²) in [6.07, 6.45) is 7.85. The zero-order chi connectivity index (χ0) is 15.8. The molecule has 0 unspecified atom stereocenters. The second kappa shape index (κ2) is 6.03. The third kappa shape index (κ3) is 3.02. The molecule has 1 aliphatic carbocycles.